The first-order valence-corrected chi connectivity index (χ1v) is 19.5. The van der Waals surface area contributed by atoms with E-state index in [1.165, 1.54) is 83.2 Å². The molecule has 0 unspecified atom stereocenters. The van der Waals surface area contributed by atoms with Crippen molar-refractivity contribution in [1.29, 1.82) is 0 Å². The van der Waals surface area contributed by atoms with Crippen LogP contribution >= 0.6 is 0 Å². The van der Waals surface area contributed by atoms with Crippen molar-refractivity contribution in [2.45, 2.75) is 19.3 Å². The SMILES string of the molecule is CC1(C)c2ccccc2-c2c1cc1ccccc1c2N(c1ccc(-c2ccccc2-c2ccccc2)cc1)c1ccc(-c2ccccc2-c2ccccc2)cc1. The quantitative estimate of drug-likeness (QED) is 0.159. The van der Waals surface area contributed by atoms with E-state index in [1.54, 1.807) is 0 Å². The first-order valence-electron chi connectivity index (χ1n) is 19.5. The summed E-state index contributed by atoms with van der Waals surface area (Å²) >= 11 is 0. The molecule has 0 saturated heterocycles. The Labute approximate surface area is 329 Å². The summed E-state index contributed by atoms with van der Waals surface area (Å²) in [6.07, 6.45) is 0. The predicted molar refractivity (Wildman–Crippen MR) is 238 cm³/mol. The molecule has 0 atom stereocenters. The number of fused-ring (bicyclic) bond motifs is 4. The van der Waals surface area contributed by atoms with Gasteiger partial charge in [0.15, 0.2) is 0 Å². The summed E-state index contributed by atoms with van der Waals surface area (Å²) in [6, 6.07) is 77.5. The number of hydrogen-bond acceptors (Lipinski definition) is 1. The molecule has 0 aromatic heterocycles. The molecule has 0 amide bonds. The molecule has 0 bridgehead atoms. The highest BCUT2D eigenvalue weighted by atomic mass is 15.1. The van der Waals surface area contributed by atoms with E-state index in [4.69, 9.17) is 0 Å². The smallest absolute Gasteiger partial charge is 0.0621 e. The normalized spacial score (nSPS) is 12.6. The van der Waals surface area contributed by atoms with Crippen LogP contribution in [0.3, 0.4) is 0 Å². The number of benzene rings is 9. The van der Waals surface area contributed by atoms with Crippen LogP contribution in [-0.2, 0) is 5.41 Å². The standard InChI is InChI=1S/C55H41N/c1-55(2)51-28-16-15-27-50(51)53-52(55)37-42-21-9-10-26-49(42)54(53)56(43-33-29-40(30-34-43)47-24-13-11-22-45(47)38-17-5-3-6-18-38)44-35-31-41(32-36-44)48-25-14-12-23-46(48)39-19-7-4-8-20-39/h3-37H,1-2H3. The maximum Gasteiger partial charge on any atom is 0.0621 e. The van der Waals surface area contributed by atoms with Crippen molar-refractivity contribution in [1.82, 2.24) is 0 Å². The highest BCUT2D eigenvalue weighted by Gasteiger charge is 2.39. The van der Waals surface area contributed by atoms with Crippen molar-refractivity contribution in [3.8, 4) is 55.6 Å². The van der Waals surface area contributed by atoms with Crippen molar-refractivity contribution in [3.05, 3.63) is 223 Å². The summed E-state index contributed by atoms with van der Waals surface area (Å²) in [7, 11) is 0. The van der Waals surface area contributed by atoms with Crippen molar-refractivity contribution in [2.24, 2.45) is 0 Å². The van der Waals surface area contributed by atoms with Crippen molar-refractivity contribution < 1.29 is 0 Å². The highest BCUT2D eigenvalue weighted by molar-refractivity contribution is 6.10. The lowest BCUT2D eigenvalue weighted by Crippen LogP contribution is -2.16. The number of nitrogens with zero attached hydrogens (tertiary/aromatic N) is 1. The third-order valence-corrected chi connectivity index (χ3v) is 11.7. The van der Waals surface area contributed by atoms with Gasteiger partial charge in [-0.25, -0.2) is 0 Å². The van der Waals surface area contributed by atoms with Gasteiger partial charge in [-0.15, -0.1) is 0 Å². The van der Waals surface area contributed by atoms with Crippen LogP contribution in [0, 0.1) is 0 Å². The van der Waals surface area contributed by atoms with Crippen molar-refractivity contribution in [3.63, 3.8) is 0 Å². The van der Waals surface area contributed by atoms with Crippen LogP contribution in [0.4, 0.5) is 17.1 Å². The minimum atomic E-state index is -0.146. The fourth-order valence-electron chi connectivity index (χ4n) is 8.91. The van der Waals surface area contributed by atoms with Crippen LogP contribution < -0.4 is 4.90 Å². The van der Waals surface area contributed by atoms with Crippen molar-refractivity contribution in [2.75, 3.05) is 4.90 Å². The van der Waals surface area contributed by atoms with E-state index in [0.717, 1.165) is 11.4 Å². The molecule has 0 radical (unpaired) electrons. The number of hydrogen-bond donors (Lipinski definition) is 0. The monoisotopic (exact) mass is 715 g/mol. The average molecular weight is 716 g/mol. The molecule has 9 aromatic rings. The highest BCUT2D eigenvalue weighted by Crippen LogP contribution is 2.56. The zero-order valence-electron chi connectivity index (χ0n) is 31.7. The van der Waals surface area contributed by atoms with Gasteiger partial charge in [-0.3, -0.25) is 0 Å². The first kappa shape index (κ1) is 33.6. The molecule has 266 valence electrons. The molecule has 10 rings (SSSR count). The maximum absolute atomic E-state index is 2.50. The summed E-state index contributed by atoms with van der Waals surface area (Å²) < 4.78 is 0. The van der Waals surface area contributed by atoms with Crippen molar-refractivity contribution >= 4 is 27.8 Å². The minimum absolute atomic E-state index is 0.146. The molecule has 1 nitrogen and oxygen atoms in total. The van der Waals surface area contributed by atoms with Gasteiger partial charge in [-0.1, -0.05) is 196 Å². The van der Waals surface area contributed by atoms with Gasteiger partial charge in [-0.05, 0) is 96.9 Å². The van der Waals surface area contributed by atoms with Crippen LogP contribution in [0.15, 0.2) is 212 Å². The third kappa shape index (κ3) is 5.63. The molecule has 0 heterocycles. The summed E-state index contributed by atoms with van der Waals surface area (Å²) in [5.41, 5.74) is 18.4. The lowest BCUT2D eigenvalue weighted by molar-refractivity contribution is 0.661. The van der Waals surface area contributed by atoms with E-state index in [0.29, 0.717) is 0 Å². The van der Waals surface area contributed by atoms with E-state index < -0.39 is 0 Å². The van der Waals surface area contributed by atoms with Gasteiger partial charge in [-0.2, -0.15) is 0 Å². The van der Waals surface area contributed by atoms with Crippen LogP contribution in [0.2, 0.25) is 0 Å². The molecule has 1 heteroatoms. The molecule has 56 heavy (non-hydrogen) atoms. The van der Waals surface area contributed by atoms with Gasteiger partial charge in [0.05, 0.1) is 5.69 Å². The summed E-state index contributed by atoms with van der Waals surface area (Å²) in [5, 5.41) is 2.48. The predicted octanol–water partition coefficient (Wildman–Crippen LogP) is 15.3. The molecule has 0 aliphatic heterocycles. The Hall–Kier alpha value is -6.96. The molecule has 0 fully saturated rings. The third-order valence-electron chi connectivity index (χ3n) is 11.7. The number of anilines is 3. The summed E-state index contributed by atoms with van der Waals surface area (Å²) in [4.78, 5) is 2.50. The van der Waals surface area contributed by atoms with Crippen LogP contribution in [0.25, 0.3) is 66.4 Å². The molecular formula is C55H41N. The topological polar surface area (TPSA) is 3.24 Å². The second-order valence-electron chi connectivity index (χ2n) is 15.3. The Morgan fingerprint density at radius 2 is 0.732 bits per heavy atom. The molecule has 0 saturated carbocycles. The van der Waals surface area contributed by atoms with E-state index in [9.17, 15) is 0 Å². The van der Waals surface area contributed by atoms with Gasteiger partial charge in [0.2, 0.25) is 0 Å². The Bertz CT molecular complexity index is 2720. The lowest BCUT2D eigenvalue weighted by Gasteiger charge is -2.31. The molecular weight excluding hydrogens is 675 g/mol. The second-order valence-corrected chi connectivity index (χ2v) is 15.3. The minimum Gasteiger partial charge on any atom is -0.309 e. The largest absolute Gasteiger partial charge is 0.309 e. The zero-order valence-corrected chi connectivity index (χ0v) is 31.7. The van der Waals surface area contributed by atoms with Crippen LogP contribution in [0.5, 0.6) is 0 Å². The molecule has 0 spiro atoms. The van der Waals surface area contributed by atoms with Gasteiger partial charge >= 0.3 is 0 Å². The second kappa shape index (κ2) is 13.7. The van der Waals surface area contributed by atoms with Crippen LogP contribution in [-0.4, -0.2) is 0 Å². The van der Waals surface area contributed by atoms with E-state index in [-0.39, 0.29) is 5.41 Å². The van der Waals surface area contributed by atoms with Gasteiger partial charge in [0.25, 0.3) is 0 Å². The fourth-order valence-corrected chi connectivity index (χ4v) is 8.91. The maximum atomic E-state index is 2.50. The van der Waals surface area contributed by atoms with E-state index >= 15 is 0 Å². The number of rotatable bonds is 7. The average Bonchev–Trinajstić information content (AvgIpc) is 3.50. The molecule has 0 N–H and O–H groups in total. The van der Waals surface area contributed by atoms with E-state index in [1.807, 2.05) is 0 Å². The Morgan fingerprint density at radius 3 is 1.23 bits per heavy atom. The first-order chi connectivity index (χ1) is 27.6. The Kier molecular flexibility index (Phi) is 8.23. The Morgan fingerprint density at radius 1 is 0.339 bits per heavy atom. The fraction of sp³-hybridized carbons (Fsp3) is 0.0545. The van der Waals surface area contributed by atoms with Gasteiger partial charge in [0.1, 0.15) is 0 Å². The molecule has 1 aliphatic rings. The lowest BCUT2D eigenvalue weighted by atomic mass is 9.81. The molecule has 9 aromatic carbocycles. The van der Waals surface area contributed by atoms with Gasteiger partial charge in [0, 0.05) is 27.7 Å². The summed E-state index contributed by atoms with van der Waals surface area (Å²) in [6.45, 7) is 4.75. The Balaban J connectivity index is 1.18. The van der Waals surface area contributed by atoms with E-state index in [2.05, 4.69) is 231 Å². The summed E-state index contributed by atoms with van der Waals surface area (Å²) in [5.74, 6) is 0. The zero-order chi connectivity index (χ0) is 37.6. The van der Waals surface area contributed by atoms with Gasteiger partial charge < -0.3 is 4.90 Å². The molecule has 1 aliphatic carbocycles. The van der Waals surface area contributed by atoms with Crippen LogP contribution in [0.1, 0.15) is 25.0 Å².